The van der Waals surface area contributed by atoms with Crippen molar-refractivity contribution in [1.82, 2.24) is 30.2 Å². The van der Waals surface area contributed by atoms with Crippen molar-refractivity contribution in [2.45, 2.75) is 18.9 Å². The van der Waals surface area contributed by atoms with Gasteiger partial charge in [-0.05, 0) is 31.5 Å². The number of hydrogen-bond acceptors (Lipinski definition) is 8. The second kappa shape index (κ2) is 7.04. The molecule has 0 saturated carbocycles. The van der Waals surface area contributed by atoms with E-state index in [9.17, 15) is 4.79 Å². The normalized spacial score (nSPS) is 17.2. The smallest absolute Gasteiger partial charge is 0.337 e. The van der Waals surface area contributed by atoms with Gasteiger partial charge >= 0.3 is 5.97 Å². The number of benzene rings is 1. The molecule has 26 heavy (non-hydrogen) atoms. The zero-order valence-electron chi connectivity index (χ0n) is 14.3. The summed E-state index contributed by atoms with van der Waals surface area (Å²) >= 11 is 0. The Morgan fingerprint density at radius 3 is 2.88 bits per heavy atom. The standard InChI is InChI=1S/C17H18N6O3/c1-25-17(24)12-6-4-11(5-7-12)14-20-16(26-22-14)15-19-10-23(21-15)13-3-2-8-18-9-13/h4-7,10,13,18H,2-3,8-9H2,1H3. The molecule has 9 heteroatoms. The molecule has 0 spiro atoms. The van der Waals surface area contributed by atoms with Crippen molar-refractivity contribution in [3.8, 4) is 23.1 Å². The predicted molar refractivity (Wildman–Crippen MR) is 91.2 cm³/mol. The minimum Gasteiger partial charge on any atom is -0.465 e. The fraction of sp³-hybridized carbons (Fsp3) is 0.353. The summed E-state index contributed by atoms with van der Waals surface area (Å²) in [6, 6.07) is 7.07. The van der Waals surface area contributed by atoms with Gasteiger partial charge in [0.05, 0.1) is 18.7 Å². The summed E-state index contributed by atoms with van der Waals surface area (Å²) < 4.78 is 11.8. The quantitative estimate of drug-likeness (QED) is 0.706. The topological polar surface area (TPSA) is 108 Å². The Kier molecular flexibility index (Phi) is 4.44. The number of esters is 1. The van der Waals surface area contributed by atoms with E-state index in [0.29, 0.717) is 23.3 Å². The lowest BCUT2D eigenvalue weighted by atomic mass is 10.1. The minimum absolute atomic E-state index is 0.263. The van der Waals surface area contributed by atoms with Crippen molar-refractivity contribution >= 4 is 5.97 Å². The number of ether oxygens (including phenoxy) is 1. The molecule has 3 heterocycles. The molecule has 1 unspecified atom stereocenters. The van der Waals surface area contributed by atoms with Gasteiger partial charge in [-0.3, -0.25) is 0 Å². The monoisotopic (exact) mass is 354 g/mol. The van der Waals surface area contributed by atoms with Gasteiger partial charge in [-0.15, -0.1) is 5.10 Å². The van der Waals surface area contributed by atoms with Crippen LogP contribution in [0.15, 0.2) is 35.1 Å². The summed E-state index contributed by atoms with van der Waals surface area (Å²) in [5.74, 6) is 0.685. The number of aromatic nitrogens is 5. The second-order valence-electron chi connectivity index (χ2n) is 6.04. The van der Waals surface area contributed by atoms with E-state index in [4.69, 9.17) is 4.52 Å². The molecule has 0 radical (unpaired) electrons. The van der Waals surface area contributed by atoms with Crippen LogP contribution in [0.4, 0.5) is 0 Å². The molecule has 0 aliphatic carbocycles. The summed E-state index contributed by atoms with van der Waals surface area (Å²) in [6.45, 7) is 1.92. The summed E-state index contributed by atoms with van der Waals surface area (Å²) in [7, 11) is 1.34. The van der Waals surface area contributed by atoms with Gasteiger partial charge in [-0.25, -0.2) is 14.5 Å². The van der Waals surface area contributed by atoms with Gasteiger partial charge < -0.3 is 14.6 Å². The van der Waals surface area contributed by atoms with Crippen molar-refractivity contribution in [3.63, 3.8) is 0 Å². The Hall–Kier alpha value is -3.07. The maximum atomic E-state index is 11.5. The van der Waals surface area contributed by atoms with Crippen LogP contribution < -0.4 is 5.32 Å². The van der Waals surface area contributed by atoms with E-state index in [1.165, 1.54) is 7.11 Å². The lowest BCUT2D eigenvalue weighted by Crippen LogP contribution is -2.31. The third-order valence-corrected chi connectivity index (χ3v) is 4.34. The molecular weight excluding hydrogens is 336 g/mol. The number of rotatable bonds is 4. The number of carbonyl (C=O) groups excluding carboxylic acids is 1. The van der Waals surface area contributed by atoms with E-state index in [1.807, 2.05) is 4.68 Å². The molecule has 1 atom stereocenters. The van der Waals surface area contributed by atoms with Crippen LogP contribution in [0, 0.1) is 0 Å². The van der Waals surface area contributed by atoms with Crippen LogP contribution in [-0.2, 0) is 4.74 Å². The number of methoxy groups -OCH3 is 1. The van der Waals surface area contributed by atoms with Crippen molar-refractivity contribution in [2.75, 3.05) is 20.2 Å². The Labute approximate surface area is 149 Å². The highest BCUT2D eigenvalue weighted by molar-refractivity contribution is 5.89. The maximum absolute atomic E-state index is 11.5. The number of nitrogens with zero attached hydrogens (tertiary/aromatic N) is 5. The first-order chi connectivity index (χ1) is 12.7. The second-order valence-corrected chi connectivity index (χ2v) is 6.04. The van der Waals surface area contributed by atoms with Gasteiger partial charge in [-0.1, -0.05) is 17.3 Å². The van der Waals surface area contributed by atoms with Crippen molar-refractivity contribution < 1.29 is 14.1 Å². The molecule has 1 aliphatic rings. The van der Waals surface area contributed by atoms with E-state index >= 15 is 0 Å². The molecule has 1 aromatic carbocycles. The van der Waals surface area contributed by atoms with E-state index in [2.05, 4.69) is 30.3 Å². The summed E-state index contributed by atoms with van der Waals surface area (Å²) in [5, 5.41) is 11.8. The third-order valence-electron chi connectivity index (χ3n) is 4.34. The Morgan fingerprint density at radius 1 is 1.31 bits per heavy atom. The lowest BCUT2D eigenvalue weighted by Gasteiger charge is -2.22. The summed E-state index contributed by atoms with van der Waals surface area (Å²) in [6.07, 6.45) is 3.88. The molecule has 3 aromatic rings. The first-order valence-electron chi connectivity index (χ1n) is 8.39. The minimum atomic E-state index is -0.391. The Morgan fingerprint density at radius 2 is 2.15 bits per heavy atom. The Bertz CT molecular complexity index is 895. The maximum Gasteiger partial charge on any atom is 0.337 e. The number of nitrogens with one attached hydrogen (secondary N) is 1. The van der Waals surface area contributed by atoms with Gasteiger partial charge in [0, 0.05) is 12.1 Å². The number of carbonyl (C=O) groups is 1. The largest absolute Gasteiger partial charge is 0.465 e. The van der Waals surface area contributed by atoms with Crippen LogP contribution in [0.1, 0.15) is 29.2 Å². The van der Waals surface area contributed by atoms with Crippen LogP contribution >= 0.6 is 0 Å². The number of piperidine rings is 1. The summed E-state index contributed by atoms with van der Waals surface area (Å²) in [5.41, 5.74) is 1.19. The molecular formula is C17H18N6O3. The fourth-order valence-corrected chi connectivity index (χ4v) is 2.91. The van der Waals surface area contributed by atoms with E-state index in [0.717, 1.165) is 31.5 Å². The molecule has 1 saturated heterocycles. The molecule has 0 bridgehead atoms. The zero-order valence-corrected chi connectivity index (χ0v) is 14.3. The van der Waals surface area contributed by atoms with Crippen molar-refractivity contribution in [1.29, 1.82) is 0 Å². The van der Waals surface area contributed by atoms with E-state index < -0.39 is 5.97 Å². The molecule has 9 nitrogen and oxygen atoms in total. The summed E-state index contributed by atoms with van der Waals surface area (Å²) in [4.78, 5) is 20.1. The molecule has 0 amide bonds. The fourth-order valence-electron chi connectivity index (χ4n) is 2.91. The third kappa shape index (κ3) is 3.21. The van der Waals surface area contributed by atoms with Crippen molar-refractivity contribution in [3.05, 3.63) is 36.2 Å². The van der Waals surface area contributed by atoms with Gasteiger partial charge in [0.15, 0.2) is 0 Å². The van der Waals surface area contributed by atoms with Crippen LogP contribution in [0.3, 0.4) is 0 Å². The highest BCUT2D eigenvalue weighted by Crippen LogP contribution is 2.22. The highest BCUT2D eigenvalue weighted by Gasteiger charge is 2.19. The molecule has 1 fully saturated rings. The molecule has 2 aromatic heterocycles. The first kappa shape index (κ1) is 16.4. The van der Waals surface area contributed by atoms with E-state index in [1.54, 1.807) is 30.6 Å². The Balaban J connectivity index is 1.53. The predicted octanol–water partition coefficient (Wildman–Crippen LogP) is 1.71. The first-order valence-corrected chi connectivity index (χ1v) is 8.39. The average molecular weight is 354 g/mol. The van der Waals surface area contributed by atoms with Crippen LogP contribution in [-0.4, -0.2) is 51.1 Å². The number of hydrogen-bond donors (Lipinski definition) is 1. The van der Waals surface area contributed by atoms with Gasteiger partial charge in [-0.2, -0.15) is 4.98 Å². The highest BCUT2D eigenvalue weighted by atomic mass is 16.5. The average Bonchev–Trinajstić information content (AvgIpc) is 3.38. The van der Waals surface area contributed by atoms with Crippen molar-refractivity contribution in [2.24, 2.45) is 0 Å². The van der Waals surface area contributed by atoms with Crippen LogP contribution in [0.5, 0.6) is 0 Å². The lowest BCUT2D eigenvalue weighted by molar-refractivity contribution is 0.0601. The van der Waals surface area contributed by atoms with Gasteiger partial charge in [0.25, 0.3) is 5.89 Å². The van der Waals surface area contributed by atoms with Crippen LogP contribution in [0.25, 0.3) is 23.1 Å². The van der Waals surface area contributed by atoms with Gasteiger partial charge in [0.2, 0.25) is 11.6 Å². The molecule has 1 aliphatic heterocycles. The van der Waals surface area contributed by atoms with Gasteiger partial charge in [0.1, 0.15) is 6.33 Å². The molecule has 1 N–H and O–H groups in total. The van der Waals surface area contributed by atoms with E-state index in [-0.39, 0.29) is 5.89 Å². The van der Waals surface area contributed by atoms with Crippen LogP contribution in [0.2, 0.25) is 0 Å². The molecule has 134 valence electrons. The molecule has 4 rings (SSSR count). The zero-order chi connectivity index (χ0) is 17.9. The SMILES string of the molecule is COC(=O)c1ccc(-c2noc(-c3ncn(C4CCCNC4)n3)n2)cc1.